The summed E-state index contributed by atoms with van der Waals surface area (Å²) in [5.41, 5.74) is -1.71. The maximum absolute atomic E-state index is 11.9. The van der Waals surface area contributed by atoms with Gasteiger partial charge in [0.2, 0.25) is 0 Å². The molecule has 0 aliphatic carbocycles. The van der Waals surface area contributed by atoms with E-state index < -0.39 is 53.3 Å². The minimum absolute atomic E-state index is 0.185. The van der Waals surface area contributed by atoms with Gasteiger partial charge in [0.05, 0.1) is 17.5 Å². The van der Waals surface area contributed by atoms with Crippen LogP contribution in [0.2, 0.25) is 0 Å². The van der Waals surface area contributed by atoms with Gasteiger partial charge in [-0.15, -0.1) is 0 Å². The maximum Gasteiger partial charge on any atom is 0.344 e. The molecular formula is C15H21O8S-. The third-order valence-corrected chi connectivity index (χ3v) is 5.51. The van der Waals surface area contributed by atoms with Gasteiger partial charge in [-0.2, -0.15) is 0 Å². The quantitative estimate of drug-likeness (QED) is 0.388. The first-order valence-corrected chi connectivity index (χ1v) is 8.49. The second-order valence-corrected chi connectivity index (χ2v) is 7.13. The molecule has 0 aromatic carbocycles. The van der Waals surface area contributed by atoms with Crippen molar-refractivity contribution in [2.45, 2.75) is 57.5 Å². The van der Waals surface area contributed by atoms with Gasteiger partial charge in [-0.1, -0.05) is 13.5 Å². The van der Waals surface area contributed by atoms with Gasteiger partial charge in [-0.05, 0) is 20.8 Å². The minimum Gasteiger partial charge on any atom is -0.750 e. The standard InChI is InChI=1S/C15H22O8S/c1-8(2)13(17)20-7-12(16)21-10-6-11-15(5,23-24(18)19)9(3)14(10,4)22-11/h9-11H,1,6-7H2,2-5H3,(H,18,19)/p-1. The Hall–Kier alpha value is -1.29. The van der Waals surface area contributed by atoms with Gasteiger partial charge in [0.1, 0.15) is 17.3 Å². The molecule has 0 N–H and O–H groups in total. The Bertz CT molecular complexity index is 590. The van der Waals surface area contributed by atoms with Crippen LogP contribution in [0.5, 0.6) is 0 Å². The van der Waals surface area contributed by atoms with Gasteiger partial charge in [0.15, 0.2) is 6.61 Å². The fourth-order valence-corrected chi connectivity index (χ4v) is 3.86. The van der Waals surface area contributed by atoms with Crippen molar-refractivity contribution in [1.82, 2.24) is 0 Å². The topological polar surface area (TPSA) is 111 Å². The molecule has 2 aliphatic rings. The number of esters is 2. The summed E-state index contributed by atoms with van der Waals surface area (Å²) in [6.45, 7) is 9.57. The zero-order valence-corrected chi connectivity index (χ0v) is 14.8. The predicted octanol–water partition coefficient (Wildman–Crippen LogP) is 0.784. The highest BCUT2D eigenvalue weighted by molar-refractivity contribution is 7.74. The second kappa shape index (κ2) is 6.55. The van der Waals surface area contributed by atoms with E-state index in [4.69, 9.17) is 18.4 Å². The molecule has 0 radical (unpaired) electrons. The summed E-state index contributed by atoms with van der Waals surface area (Å²) in [7, 11) is 0. The highest BCUT2D eigenvalue weighted by atomic mass is 32.2. The number of ether oxygens (including phenoxy) is 3. The Balaban J connectivity index is 1.99. The van der Waals surface area contributed by atoms with Gasteiger partial charge in [0, 0.05) is 17.9 Å². The summed E-state index contributed by atoms with van der Waals surface area (Å²) in [4.78, 5) is 23.2. The zero-order valence-electron chi connectivity index (χ0n) is 14.0. The third kappa shape index (κ3) is 3.26. The second-order valence-electron chi connectivity index (χ2n) is 6.55. The van der Waals surface area contributed by atoms with Gasteiger partial charge >= 0.3 is 11.9 Å². The molecule has 8 nitrogen and oxygen atoms in total. The molecule has 0 aromatic rings. The van der Waals surface area contributed by atoms with Crippen molar-refractivity contribution in [2.75, 3.05) is 6.61 Å². The summed E-state index contributed by atoms with van der Waals surface area (Å²) in [6.07, 6.45) is -0.800. The van der Waals surface area contributed by atoms with Gasteiger partial charge < -0.3 is 18.8 Å². The Morgan fingerprint density at radius 3 is 2.54 bits per heavy atom. The Morgan fingerprint density at radius 2 is 2.04 bits per heavy atom. The predicted molar refractivity (Wildman–Crippen MR) is 81.1 cm³/mol. The highest BCUT2D eigenvalue weighted by Gasteiger charge is 2.68. The molecule has 0 amide bonds. The van der Waals surface area contributed by atoms with Crippen LogP contribution < -0.4 is 0 Å². The first-order chi connectivity index (χ1) is 11.0. The Kier molecular flexibility index (Phi) is 5.19. The normalized spacial score (nSPS) is 38.6. The molecular weight excluding hydrogens is 340 g/mol. The summed E-state index contributed by atoms with van der Waals surface area (Å²) in [5.74, 6) is -1.71. The van der Waals surface area contributed by atoms with Crippen LogP contribution >= 0.6 is 0 Å². The van der Waals surface area contributed by atoms with Crippen molar-refractivity contribution >= 4 is 23.3 Å². The summed E-state index contributed by atoms with van der Waals surface area (Å²) in [6, 6.07) is 0. The number of carbonyl (C=O) groups excluding carboxylic acids is 2. The molecule has 2 aliphatic heterocycles. The molecule has 6 atom stereocenters. The van der Waals surface area contributed by atoms with Crippen LogP contribution in [0.4, 0.5) is 0 Å². The fraction of sp³-hybridized carbons (Fsp3) is 0.733. The number of hydrogen-bond acceptors (Lipinski definition) is 8. The van der Waals surface area contributed by atoms with E-state index >= 15 is 0 Å². The van der Waals surface area contributed by atoms with Gasteiger partial charge in [0.25, 0.3) is 0 Å². The average Bonchev–Trinajstić information content (AvgIpc) is 2.88. The number of fused-ring (bicyclic) bond motifs is 2. The van der Waals surface area contributed by atoms with Crippen LogP contribution in [-0.4, -0.2) is 50.7 Å². The van der Waals surface area contributed by atoms with Crippen LogP contribution in [0.15, 0.2) is 12.2 Å². The lowest BCUT2D eigenvalue weighted by Gasteiger charge is -2.42. The first kappa shape index (κ1) is 19.0. The summed E-state index contributed by atoms with van der Waals surface area (Å²) < 4.78 is 42.9. The van der Waals surface area contributed by atoms with E-state index in [2.05, 4.69) is 6.58 Å². The number of carbonyl (C=O) groups is 2. The van der Waals surface area contributed by atoms with E-state index in [9.17, 15) is 18.4 Å². The molecule has 0 spiro atoms. The van der Waals surface area contributed by atoms with E-state index in [0.29, 0.717) is 6.42 Å². The SMILES string of the molecule is C=C(C)C(=O)OCC(=O)OC1CC2OC1(C)C(C)C2(C)OS(=O)[O-]. The van der Waals surface area contributed by atoms with Crippen LogP contribution in [-0.2, 0) is 39.3 Å². The lowest BCUT2D eigenvalue weighted by atomic mass is 9.70. The summed E-state index contributed by atoms with van der Waals surface area (Å²) >= 11 is -2.67. The van der Waals surface area contributed by atoms with Crippen LogP contribution in [0, 0.1) is 5.92 Å². The largest absolute Gasteiger partial charge is 0.750 e. The molecule has 2 bridgehead atoms. The van der Waals surface area contributed by atoms with Crippen molar-refractivity contribution < 1.29 is 36.7 Å². The maximum atomic E-state index is 11.9. The van der Waals surface area contributed by atoms with Crippen molar-refractivity contribution in [3.05, 3.63) is 12.2 Å². The van der Waals surface area contributed by atoms with E-state index in [1.165, 1.54) is 6.92 Å². The zero-order chi connectivity index (χ0) is 18.3. The molecule has 2 fully saturated rings. The van der Waals surface area contributed by atoms with Crippen LogP contribution in [0.1, 0.15) is 34.1 Å². The smallest absolute Gasteiger partial charge is 0.344 e. The van der Waals surface area contributed by atoms with E-state index in [1.807, 2.05) is 0 Å². The first-order valence-electron chi connectivity index (χ1n) is 7.49. The highest BCUT2D eigenvalue weighted by Crippen LogP contribution is 2.55. The number of rotatable bonds is 6. The lowest BCUT2D eigenvalue weighted by Crippen LogP contribution is -2.55. The van der Waals surface area contributed by atoms with Crippen LogP contribution in [0.3, 0.4) is 0 Å². The summed E-state index contributed by atoms with van der Waals surface area (Å²) in [5, 5.41) is 0. The van der Waals surface area contributed by atoms with E-state index in [1.54, 1.807) is 20.8 Å². The number of hydrogen-bond donors (Lipinski definition) is 0. The van der Waals surface area contributed by atoms with Crippen molar-refractivity contribution in [2.24, 2.45) is 5.92 Å². The molecule has 24 heavy (non-hydrogen) atoms. The molecule has 2 heterocycles. The molecule has 0 aromatic heterocycles. The molecule has 6 unspecified atom stereocenters. The van der Waals surface area contributed by atoms with Crippen LogP contribution in [0.25, 0.3) is 0 Å². The van der Waals surface area contributed by atoms with E-state index in [0.717, 1.165) is 0 Å². The molecule has 9 heteroatoms. The van der Waals surface area contributed by atoms with Gasteiger partial charge in [-0.3, -0.25) is 4.18 Å². The van der Waals surface area contributed by atoms with Gasteiger partial charge in [-0.25, -0.2) is 13.8 Å². The molecule has 0 saturated carbocycles. The minimum atomic E-state index is -2.67. The molecule has 136 valence electrons. The Morgan fingerprint density at radius 1 is 1.42 bits per heavy atom. The monoisotopic (exact) mass is 361 g/mol. The lowest BCUT2D eigenvalue weighted by molar-refractivity contribution is -0.169. The fourth-order valence-electron chi connectivity index (χ4n) is 3.32. The van der Waals surface area contributed by atoms with Crippen molar-refractivity contribution in [3.8, 4) is 0 Å². The Labute approximate surface area is 143 Å². The molecule has 2 rings (SSSR count). The molecule has 2 saturated heterocycles. The van der Waals surface area contributed by atoms with E-state index in [-0.39, 0.29) is 11.5 Å². The average molecular weight is 361 g/mol. The third-order valence-electron chi connectivity index (χ3n) is 5.01. The van der Waals surface area contributed by atoms with Crippen molar-refractivity contribution in [1.29, 1.82) is 0 Å². The van der Waals surface area contributed by atoms with Crippen molar-refractivity contribution in [3.63, 3.8) is 0 Å².